The molecule has 25 heavy (non-hydrogen) atoms. The largest absolute Gasteiger partial charge is 0.256 e. The van der Waals surface area contributed by atoms with Crippen LogP contribution in [0, 0.1) is 5.92 Å². The van der Waals surface area contributed by atoms with Gasteiger partial charge < -0.3 is 0 Å². The fourth-order valence-electron chi connectivity index (χ4n) is 5.05. The third kappa shape index (κ3) is 1.97. The summed E-state index contributed by atoms with van der Waals surface area (Å²) >= 11 is 0. The highest BCUT2D eigenvalue weighted by atomic mass is 19.1. The smallest absolute Gasteiger partial charge is 0.126 e. The van der Waals surface area contributed by atoms with E-state index in [-0.39, 0.29) is 11.2 Å². The second kappa shape index (κ2) is 5.14. The van der Waals surface area contributed by atoms with E-state index in [0.717, 1.165) is 48.1 Å². The molecule has 2 heteroatoms. The molecule has 0 fully saturated rings. The van der Waals surface area contributed by atoms with E-state index in [1.165, 1.54) is 16.3 Å². The number of pyridine rings is 1. The van der Waals surface area contributed by atoms with E-state index in [4.69, 9.17) is 4.98 Å². The van der Waals surface area contributed by atoms with E-state index in [9.17, 15) is 0 Å². The van der Waals surface area contributed by atoms with Crippen LogP contribution in [0.25, 0.3) is 16.3 Å². The zero-order valence-corrected chi connectivity index (χ0v) is 14.8. The number of fused-ring (bicyclic) bond motifs is 4. The third-order valence-electron chi connectivity index (χ3n) is 6.25. The molecule has 0 aliphatic heterocycles. The van der Waals surface area contributed by atoms with Crippen LogP contribution < -0.4 is 0 Å². The maximum absolute atomic E-state index is 15.6. The van der Waals surface area contributed by atoms with Crippen molar-refractivity contribution >= 4 is 16.3 Å². The zero-order valence-electron chi connectivity index (χ0n) is 14.8. The predicted octanol–water partition coefficient (Wildman–Crippen LogP) is 6.26. The van der Waals surface area contributed by atoms with Gasteiger partial charge in [-0.2, -0.15) is 0 Å². The minimum absolute atomic E-state index is 0.0415. The summed E-state index contributed by atoms with van der Waals surface area (Å²) in [7, 11) is 0. The maximum atomic E-state index is 15.6. The van der Waals surface area contributed by atoms with Crippen molar-refractivity contribution in [2.75, 3.05) is 0 Å². The van der Waals surface area contributed by atoms with Crippen LogP contribution in [0.3, 0.4) is 0 Å². The zero-order chi connectivity index (χ0) is 17.2. The van der Waals surface area contributed by atoms with Crippen molar-refractivity contribution in [1.29, 1.82) is 0 Å². The molecule has 1 nitrogen and oxygen atoms in total. The van der Waals surface area contributed by atoms with Gasteiger partial charge in [-0.05, 0) is 59.8 Å². The first-order valence-corrected chi connectivity index (χ1v) is 9.25. The minimum Gasteiger partial charge on any atom is -0.256 e. The summed E-state index contributed by atoms with van der Waals surface area (Å²) in [5.74, 6) is 0.381. The first-order chi connectivity index (χ1) is 12.1. The molecule has 0 spiro atoms. The molecule has 3 aliphatic rings. The number of halogens is 1. The lowest BCUT2D eigenvalue weighted by Gasteiger charge is -2.41. The van der Waals surface area contributed by atoms with Crippen LogP contribution in [0.2, 0.25) is 0 Å². The van der Waals surface area contributed by atoms with Gasteiger partial charge in [-0.15, -0.1) is 0 Å². The van der Waals surface area contributed by atoms with Crippen molar-refractivity contribution < 1.29 is 4.39 Å². The molecule has 1 unspecified atom stereocenters. The summed E-state index contributed by atoms with van der Waals surface area (Å²) in [6.45, 7) is 4.35. The SMILES string of the molecule is CC1(C)C2=C(c3nccc4cccc1c34)C1CC=CCCC(=C2F)C1. The summed E-state index contributed by atoms with van der Waals surface area (Å²) in [5.41, 5.74) is 4.94. The van der Waals surface area contributed by atoms with Crippen LogP contribution in [-0.2, 0) is 5.41 Å². The molecular weight excluding hydrogens is 309 g/mol. The monoisotopic (exact) mass is 331 g/mol. The van der Waals surface area contributed by atoms with Gasteiger partial charge >= 0.3 is 0 Å². The number of benzene rings is 1. The third-order valence-corrected chi connectivity index (χ3v) is 6.25. The Morgan fingerprint density at radius 1 is 1.16 bits per heavy atom. The second-order valence-electron chi connectivity index (χ2n) is 8.04. The van der Waals surface area contributed by atoms with Gasteiger partial charge in [0.25, 0.3) is 0 Å². The van der Waals surface area contributed by atoms with E-state index in [1.54, 1.807) is 0 Å². The van der Waals surface area contributed by atoms with Crippen molar-refractivity contribution in [2.24, 2.45) is 5.92 Å². The molecule has 2 aromatic rings. The van der Waals surface area contributed by atoms with Crippen molar-refractivity contribution in [2.45, 2.75) is 44.9 Å². The van der Waals surface area contributed by atoms with Gasteiger partial charge in [0.15, 0.2) is 0 Å². The van der Waals surface area contributed by atoms with Crippen molar-refractivity contribution in [3.63, 3.8) is 0 Å². The van der Waals surface area contributed by atoms with Crippen LogP contribution in [-0.4, -0.2) is 4.98 Å². The predicted molar refractivity (Wildman–Crippen MR) is 101 cm³/mol. The summed E-state index contributed by atoms with van der Waals surface area (Å²) in [4.78, 5) is 4.75. The molecular formula is C23H22FN. The van der Waals surface area contributed by atoms with Crippen LogP contribution in [0.5, 0.6) is 0 Å². The molecule has 0 saturated heterocycles. The molecule has 1 aromatic carbocycles. The van der Waals surface area contributed by atoms with E-state index in [2.05, 4.69) is 50.3 Å². The summed E-state index contributed by atoms with van der Waals surface area (Å²) < 4.78 is 15.6. The second-order valence-corrected chi connectivity index (χ2v) is 8.04. The molecule has 3 aliphatic carbocycles. The summed E-state index contributed by atoms with van der Waals surface area (Å²) in [6.07, 6.45) is 9.97. The van der Waals surface area contributed by atoms with Crippen molar-refractivity contribution in [1.82, 2.24) is 4.98 Å². The summed E-state index contributed by atoms with van der Waals surface area (Å²) in [5, 5.41) is 2.43. The number of nitrogens with zero attached hydrogens (tertiary/aromatic N) is 1. The lowest BCUT2D eigenvalue weighted by Crippen LogP contribution is -2.31. The molecule has 126 valence electrons. The Morgan fingerprint density at radius 2 is 2.04 bits per heavy atom. The molecule has 5 rings (SSSR count). The van der Waals surface area contributed by atoms with Crippen LogP contribution in [0.1, 0.15) is 50.8 Å². The molecule has 1 aromatic heterocycles. The van der Waals surface area contributed by atoms with E-state index >= 15 is 4.39 Å². The Bertz CT molecular complexity index is 985. The Kier molecular flexibility index (Phi) is 3.10. The number of hydrogen-bond acceptors (Lipinski definition) is 1. The molecule has 0 saturated carbocycles. The van der Waals surface area contributed by atoms with E-state index in [1.807, 2.05) is 6.20 Å². The average molecular weight is 331 g/mol. The highest BCUT2D eigenvalue weighted by Gasteiger charge is 2.43. The van der Waals surface area contributed by atoms with Gasteiger partial charge in [0.2, 0.25) is 0 Å². The van der Waals surface area contributed by atoms with Gasteiger partial charge in [-0.1, -0.05) is 44.2 Å². The first kappa shape index (κ1) is 15.1. The Labute approximate surface area is 148 Å². The Morgan fingerprint density at radius 3 is 2.92 bits per heavy atom. The van der Waals surface area contributed by atoms with E-state index < -0.39 is 0 Å². The highest BCUT2D eigenvalue weighted by molar-refractivity contribution is 6.00. The lowest BCUT2D eigenvalue weighted by molar-refractivity contribution is 0.499. The Hall–Kier alpha value is -2.22. The molecule has 2 bridgehead atoms. The number of allylic oxidation sites excluding steroid dienone is 6. The number of hydrogen-bond donors (Lipinski definition) is 0. The topological polar surface area (TPSA) is 12.9 Å². The van der Waals surface area contributed by atoms with E-state index in [0.29, 0.717) is 5.92 Å². The lowest BCUT2D eigenvalue weighted by atomic mass is 9.63. The quantitative estimate of drug-likeness (QED) is 0.519. The van der Waals surface area contributed by atoms with Crippen LogP contribution in [0.4, 0.5) is 4.39 Å². The fourth-order valence-corrected chi connectivity index (χ4v) is 5.05. The molecule has 0 radical (unpaired) electrons. The van der Waals surface area contributed by atoms with Crippen LogP contribution >= 0.6 is 0 Å². The van der Waals surface area contributed by atoms with Crippen LogP contribution in [0.15, 0.2) is 59.6 Å². The van der Waals surface area contributed by atoms with Gasteiger partial charge in [-0.3, -0.25) is 4.98 Å². The van der Waals surface area contributed by atoms with Gasteiger partial charge in [0, 0.05) is 22.6 Å². The number of rotatable bonds is 0. The fraction of sp³-hybridized carbons (Fsp3) is 0.348. The first-order valence-electron chi connectivity index (χ1n) is 9.25. The van der Waals surface area contributed by atoms with Crippen molar-refractivity contribution in [3.05, 3.63) is 70.8 Å². The Balaban J connectivity index is 1.91. The summed E-state index contributed by atoms with van der Waals surface area (Å²) in [6, 6.07) is 8.45. The normalized spacial score (nSPS) is 24.2. The maximum Gasteiger partial charge on any atom is 0.126 e. The molecule has 0 N–H and O–H groups in total. The van der Waals surface area contributed by atoms with Gasteiger partial charge in [-0.25, -0.2) is 4.39 Å². The standard InChI is InChI=1S/C23H22FN/c1-23(2)17-10-6-9-14-11-12-25-22(18(14)17)19-15-7-4-3-5-8-16(13-15)21(24)20(19)23/h3-4,6,9-12,15H,5,7-8,13H2,1-2H3. The van der Waals surface area contributed by atoms with Crippen molar-refractivity contribution in [3.8, 4) is 0 Å². The molecule has 1 atom stereocenters. The molecule has 0 amide bonds. The molecule has 1 heterocycles. The highest BCUT2D eigenvalue weighted by Crippen LogP contribution is 2.55. The minimum atomic E-state index is -0.332. The average Bonchev–Trinajstić information content (AvgIpc) is 2.58. The number of aromatic nitrogens is 1. The van der Waals surface area contributed by atoms with Gasteiger partial charge in [0.05, 0.1) is 5.69 Å². The van der Waals surface area contributed by atoms with Gasteiger partial charge in [0.1, 0.15) is 5.83 Å².